The molecule has 0 aromatic rings. The topological polar surface area (TPSA) is 52.9 Å². The van der Waals surface area contributed by atoms with Gasteiger partial charge in [0.15, 0.2) is 0 Å². The molecule has 0 bridgehead atoms. The Morgan fingerprint density at radius 2 is 1.59 bits per heavy atom. The fourth-order valence-electron chi connectivity index (χ4n) is 2.39. The number of nitrogens with zero attached hydrogens (tertiary/aromatic N) is 1. The van der Waals surface area contributed by atoms with Crippen molar-refractivity contribution in [1.29, 1.82) is 0 Å². The summed E-state index contributed by atoms with van der Waals surface area (Å²) in [4.78, 5) is 2.07. The summed E-state index contributed by atoms with van der Waals surface area (Å²) in [7, 11) is 0. The molecule has 4 heteroatoms. The van der Waals surface area contributed by atoms with Crippen LogP contribution in [0.15, 0.2) is 0 Å². The lowest BCUT2D eigenvalue weighted by atomic mass is 9.98. The largest absolute Gasteiger partial charge is 0.395 e. The van der Waals surface area contributed by atoms with Gasteiger partial charge in [0.05, 0.1) is 19.3 Å². The van der Waals surface area contributed by atoms with Crippen molar-refractivity contribution in [3.63, 3.8) is 0 Å². The van der Waals surface area contributed by atoms with Crippen molar-refractivity contribution in [3.05, 3.63) is 0 Å². The molecular weight excluding hydrogens is 218 g/mol. The lowest BCUT2D eigenvalue weighted by molar-refractivity contribution is 0.0222. The van der Waals surface area contributed by atoms with Crippen molar-refractivity contribution in [2.45, 2.75) is 44.6 Å². The van der Waals surface area contributed by atoms with Crippen molar-refractivity contribution in [1.82, 2.24) is 4.90 Å². The Morgan fingerprint density at radius 1 is 0.941 bits per heavy atom. The van der Waals surface area contributed by atoms with Crippen LogP contribution in [0.3, 0.4) is 0 Å². The highest BCUT2D eigenvalue weighted by atomic mass is 16.5. The van der Waals surface area contributed by atoms with Crippen molar-refractivity contribution in [3.8, 4) is 0 Å². The van der Waals surface area contributed by atoms with Crippen LogP contribution in [0.4, 0.5) is 0 Å². The van der Waals surface area contributed by atoms with Crippen molar-refractivity contribution >= 4 is 0 Å². The van der Waals surface area contributed by atoms with Gasteiger partial charge < -0.3 is 14.9 Å². The second-order valence-corrected chi connectivity index (χ2v) is 4.77. The molecule has 2 N–H and O–H groups in total. The molecule has 0 aromatic carbocycles. The number of hydrogen-bond donors (Lipinski definition) is 2. The Hall–Kier alpha value is -0.160. The molecule has 0 saturated heterocycles. The first kappa shape index (κ1) is 14.9. The monoisotopic (exact) mass is 245 g/mol. The van der Waals surface area contributed by atoms with Gasteiger partial charge in [-0.2, -0.15) is 0 Å². The average molecular weight is 245 g/mol. The van der Waals surface area contributed by atoms with Crippen LogP contribution in [0.5, 0.6) is 0 Å². The molecule has 1 fully saturated rings. The standard InChI is InChI=1S/C13H27NO3/c15-10-8-14(9-11-16)7-4-12-17-13-5-2-1-3-6-13/h13,15-16H,1-12H2. The maximum Gasteiger partial charge on any atom is 0.0575 e. The molecule has 102 valence electrons. The van der Waals surface area contributed by atoms with Gasteiger partial charge in [-0.05, 0) is 19.3 Å². The summed E-state index contributed by atoms with van der Waals surface area (Å²) in [5.74, 6) is 0. The minimum atomic E-state index is 0.156. The first-order valence-electron chi connectivity index (χ1n) is 6.92. The van der Waals surface area contributed by atoms with Gasteiger partial charge in [0.1, 0.15) is 0 Å². The molecular formula is C13H27NO3. The average Bonchev–Trinajstić information content (AvgIpc) is 2.36. The molecule has 1 aliphatic rings. The van der Waals surface area contributed by atoms with Gasteiger partial charge in [0.2, 0.25) is 0 Å². The van der Waals surface area contributed by atoms with Crippen LogP contribution >= 0.6 is 0 Å². The van der Waals surface area contributed by atoms with Crippen LogP contribution in [0.2, 0.25) is 0 Å². The Kier molecular flexibility index (Phi) is 8.61. The van der Waals surface area contributed by atoms with Gasteiger partial charge in [-0.25, -0.2) is 0 Å². The van der Waals surface area contributed by atoms with Gasteiger partial charge in [-0.3, -0.25) is 4.90 Å². The molecule has 0 spiro atoms. The molecule has 0 amide bonds. The molecule has 4 nitrogen and oxygen atoms in total. The summed E-state index contributed by atoms with van der Waals surface area (Å²) in [6, 6.07) is 0. The highest BCUT2D eigenvalue weighted by molar-refractivity contribution is 4.65. The van der Waals surface area contributed by atoms with E-state index >= 15 is 0 Å². The van der Waals surface area contributed by atoms with Gasteiger partial charge in [-0.15, -0.1) is 0 Å². The normalized spacial score (nSPS) is 17.8. The van der Waals surface area contributed by atoms with Crippen LogP contribution in [-0.2, 0) is 4.74 Å². The Morgan fingerprint density at radius 3 is 2.18 bits per heavy atom. The Bertz CT molecular complexity index is 166. The van der Waals surface area contributed by atoms with Gasteiger partial charge in [0, 0.05) is 26.2 Å². The first-order valence-corrected chi connectivity index (χ1v) is 6.92. The second-order valence-electron chi connectivity index (χ2n) is 4.77. The summed E-state index contributed by atoms with van der Waals surface area (Å²) in [6.45, 7) is 3.30. The summed E-state index contributed by atoms with van der Waals surface area (Å²) in [5.41, 5.74) is 0. The third-order valence-electron chi connectivity index (χ3n) is 3.36. The summed E-state index contributed by atoms with van der Waals surface area (Å²) >= 11 is 0. The molecule has 1 saturated carbocycles. The zero-order chi connectivity index (χ0) is 12.3. The number of hydrogen-bond acceptors (Lipinski definition) is 4. The van der Waals surface area contributed by atoms with E-state index in [1.54, 1.807) is 0 Å². The summed E-state index contributed by atoms with van der Waals surface area (Å²) < 4.78 is 5.84. The van der Waals surface area contributed by atoms with Crippen molar-refractivity contribution in [2.24, 2.45) is 0 Å². The molecule has 0 atom stereocenters. The molecule has 0 aromatic heterocycles. The van der Waals surface area contributed by atoms with E-state index in [0.717, 1.165) is 19.6 Å². The predicted octanol–water partition coefficient (Wildman–Crippen LogP) is 1.01. The molecule has 0 radical (unpaired) electrons. The number of rotatable bonds is 9. The zero-order valence-corrected chi connectivity index (χ0v) is 10.8. The van der Waals surface area contributed by atoms with Crippen molar-refractivity contribution < 1.29 is 14.9 Å². The second kappa shape index (κ2) is 9.83. The molecule has 0 unspecified atom stereocenters. The van der Waals surface area contributed by atoms with E-state index in [0.29, 0.717) is 19.2 Å². The molecule has 1 rings (SSSR count). The predicted molar refractivity (Wildman–Crippen MR) is 68.1 cm³/mol. The van der Waals surface area contributed by atoms with E-state index < -0.39 is 0 Å². The number of ether oxygens (including phenoxy) is 1. The number of aliphatic hydroxyl groups is 2. The quantitative estimate of drug-likeness (QED) is 0.595. The van der Waals surface area contributed by atoms with Crippen LogP contribution in [0.25, 0.3) is 0 Å². The lowest BCUT2D eigenvalue weighted by Crippen LogP contribution is -2.31. The zero-order valence-electron chi connectivity index (χ0n) is 10.8. The highest BCUT2D eigenvalue weighted by Gasteiger charge is 2.13. The smallest absolute Gasteiger partial charge is 0.0575 e. The highest BCUT2D eigenvalue weighted by Crippen LogP contribution is 2.20. The van der Waals surface area contributed by atoms with Crippen LogP contribution < -0.4 is 0 Å². The van der Waals surface area contributed by atoms with E-state index in [9.17, 15) is 0 Å². The Labute approximate surface area is 105 Å². The lowest BCUT2D eigenvalue weighted by Gasteiger charge is -2.23. The van der Waals surface area contributed by atoms with E-state index in [4.69, 9.17) is 14.9 Å². The van der Waals surface area contributed by atoms with Crippen LogP contribution in [0.1, 0.15) is 38.5 Å². The molecule has 17 heavy (non-hydrogen) atoms. The minimum Gasteiger partial charge on any atom is -0.395 e. The fraction of sp³-hybridized carbons (Fsp3) is 1.00. The van der Waals surface area contributed by atoms with E-state index in [2.05, 4.69) is 4.90 Å². The third kappa shape index (κ3) is 6.99. The van der Waals surface area contributed by atoms with Crippen LogP contribution in [-0.4, -0.2) is 60.7 Å². The number of aliphatic hydroxyl groups excluding tert-OH is 2. The molecule has 0 aliphatic heterocycles. The SMILES string of the molecule is OCCN(CCO)CCCOC1CCCCC1. The van der Waals surface area contributed by atoms with Gasteiger partial charge in [0.25, 0.3) is 0 Å². The van der Waals surface area contributed by atoms with Crippen LogP contribution in [0, 0.1) is 0 Å². The van der Waals surface area contributed by atoms with E-state index in [-0.39, 0.29) is 13.2 Å². The minimum absolute atomic E-state index is 0.156. The first-order chi connectivity index (χ1) is 8.36. The maximum absolute atomic E-state index is 8.87. The molecule has 1 aliphatic carbocycles. The maximum atomic E-state index is 8.87. The van der Waals surface area contributed by atoms with E-state index in [1.165, 1.54) is 32.1 Å². The van der Waals surface area contributed by atoms with E-state index in [1.807, 2.05) is 0 Å². The summed E-state index contributed by atoms with van der Waals surface area (Å²) in [5, 5.41) is 17.7. The molecule has 0 heterocycles. The van der Waals surface area contributed by atoms with Gasteiger partial charge in [-0.1, -0.05) is 19.3 Å². The van der Waals surface area contributed by atoms with Crippen molar-refractivity contribution in [2.75, 3.05) is 39.5 Å². The Balaban J connectivity index is 2.00. The third-order valence-corrected chi connectivity index (χ3v) is 3.36. The van der Waals surface area contributed by atoms with Gasteiger partial charge >= 0.3 is 0 Å². The fourth-order valence-corrected chi connectivity index (χ4v) is 2.39. The summed E-state index contributed by atoms with van der Waals surface area (Å²) in [6.07, 6.45) is 7.89.